The second-order valence-electron chi connectivity index (χ2n) is 7.34. The monoisotopic (exact) mass is 378 g/mol. The molecule has 152 valence electrons. The molecule has 0 radical (unpaired) electrons. The number of likely N-dealkylation sites (N-methyl/N-ethyl adjacent to an activating group) is 1. The van der Waals surface area contributed by atoms with Crippen molar-refractivity contribution in [2.45, 2.75) is 18.9 Å². The summed E-state index contributed by atoms with van der Waals surface area (Å²) in [5, 5.41) is 16.2. The Morgan fingerprint density at radius 1 is 1.33 bits per heavy atom. The molecule has 0 amide bonds. The van der Waals surface area contributed by atoms with Crippen molar-refractivity contribution in [3.63, 3.8) is 0 Å². The van der Waals surface area contributed by atoms with E-state index in [0.29, 0.717) is 6.61 Å². The van der Waals surface area contributed by atoms with Crippen molar-refractivity contribution in [1.82, 2.24) is 15.5 Å². The first-order valence-electron chi connectivity index (χ1n) is 9.47. The van der Waals surface area contributed by atoms with E-state index in [1.807, 2.05) is 12.1 Å². The van der Waals surface area contributed by atoms with Crippen LogP contribution in [-0.4, -0.2) is 77.1 Å². The first kappa shape index (κ1) is 21.5. The number of nitrogens with one attached hydrogen (secondary N) is 2. The second-order valence-corrected chi connectivity index (χ2v) is 7.34. The van der Waals surface area contributed by atoms with Gasteiger partial charge in [-0.1, -0.05) is 12.1 Å². The predicted molar refractivity (Wildman–Crippen MR) is 108 cm³/mol. The number of rotatable bonds is 9. The van der Waals surface area contributed by atoms with E-state index in [0.717, 1.165) is 44.2 Å². The summed E-state index contributed by atoms with van der Waals surface area (Å²) in [4.78, 5) is 6.53. The van der Waals surface area contributed by atoms with Gasteiger partial charge in [-0.3, -0.25) is 4.99 Å². The number of methoxy groups -OCH3 is 1. The van der Waals surface area contributed by atoms with Crippen LogP contribution >= 0.6 is 0 Å². The van der Waals surface area contributed by atoms with E-state index in [9.17, 15) is 5.11 Å². The van der Waals surface area contributed by atoms with Gasteiger partial charge in [0.25, 0.3) is 0 Å². The lowest BCUT2D eigenvalue weighted by atomic mass is 9.84. The van der Waals surface area contributed by atoms with E-state index < -0.39 is 0 Å². The summed E-state index contributed by atoms with van der Waals surface area (Å²) < 4.78 is 10.8. The van der Waals surface area contributed by atoms with Crippen LogP contribution in [0.15, 0.2) is 29.3 Å². The van der Waals surface area contributed by atoms with Crippen LogP contribution in [0.2, 0.25) is 0 Å². The highest BCUT2D eigenvalue weighted by molar-refractivity contribution is 5.79. The summed E-state index contributed by atoms with van der Waals surface area (Å²) in [7, 11) is 7.59. The molecule has 1 aliphatic heterocycles. The molecule has 1 heterocycles. The molecule has 0 aliphatic carbocycles. The number of aliphatic hydroxyl groups is 1. The minimum absolute atomic E-state index is 0.0106. The lowest BCUT2D eigenvalue weighted by Crippen LogP contribution is -2.46. The number of aliphatic imine (C=N–C) groups is 1. The summed E-state index contributed by atoms with van der Waals surface area (Å²) >= 11 is 0. The SMILES string of the molecule is CN=C(NCC(c1ccc(OC)cc1)N(C)C)NCC1(CCO)CCOC1. The minimum Gasteiger partial charge on any atom is -0.497 e. The third kappa shape index (κ3) is 6.09. The quantitative estimate of drug-likeness (QED) is 0.443. The Morgan fingerprint density at radius 2 is 2.07 bits per heavy atom. The third-order valence-electron chi connectivity index (χ3n) is 5.27. The summed E-state index contributed by atoms with van der Waals surface area (Å²) in [6.07, 6.45) is 1.70. The molecule has 0 aromatic heterocycles. The summed E-state index contributed by atoms with van der Waals surface area (Å²) in [6, 6.07) is 8.35. The van der Waals surface area contributed by atoms with Crippen LogP contribution in [-0.2, 0) is 4.74 Å². The van der Waals surface area contributed by atoms with Crippen LogP contribution in [0.5, 0.6) is 5.75 Å². The molecular weight excluding hydrogens is 344 g/mol. The summed E-state index contributed by atoms with van der Waals surface area (Å²) in [6.45, 7) is 3.08. The van der Waals surface area contributed by atoms with Gasteiger partial charge in [0.2, 0.25) is 0 Å². The largest absolute Gasteiger partial charge is 0.497 e. The number of hydrogen-bond acceptors (Lipinski definition) is 5. The lowest BCUT2D eigenvalue weighted by Gasteiger charge is -2.29. The number of hydrogen-bond donors (Lipinski definition) is 3. The maximum atomic E-state index is 9.37. The average Bonchev–Trinajstić information content (AvgIpc) is 3.13. The van der Waals surface area contributed by atoms with Crippen molar-refractivity contribution in [2.75, 3.05) is 61.2 Å². The van der Waals surface area contributed by atoms with E-state index in [2.05, 4.69) is 46.8 Å². The first-order valence-corrected chi connectivity index (χ1v) is 9.47. The smallest absolute Gasteiger partial charge is 0.191 e. The zero-order chi connectivity index (χ0) is 19.7. The van der Waals surface area contributed by atoms with Crippen molar-refractivity contribution in [3.8, 4) is 5.75 Å². The fraction of sp³-hybridized carbons (Fsp3) is 0.650. The van der Waals surface area contributed by atoms with E-state index >= 15 is 0 Å². The van der Waals surface area contributed by atoms with Crippen LogP contribution in [0.25, 0.3) is 0 Å². The van der Waals surface area contributed by atoms with Crippen LogP contribution in [0.3, 0.4) is 0 Å². The maximum Gasteiger partial charge on any atom is 0.191 e. The van der Waals surface area contributed by atoms with Crippen molar-refractivity contribution < 1.29 is 14.6 Å². The fourth-order valence-corrected chi connectivity index (χ4v) is 3.42. The molecule has 7 nitrogen and oxygen atoms in total. The lowest BCUT2D eigenvalue weighted by molar-refractivity contribution is 0.127. The summed E-state index contributed by atoms with van der Waals surface area (Å²) in [5.41, 5.74) is 1.20. The van der Waals surface area contributed by atoms with Gasteiger partial charge >= 0.3 is 0 Å². The van der Waals surface area contributed by atoms with Gasteiger partial charge in [-0.2, -0.15) is 0 Å². The highest BCUT2D eigenvalue weighted by atomic mass is 16.5. The number of ether oxygens (including phenoxy) is 2. The minimum atomic E-state index is -0.0106. The normalized spacial score (nSPS) is 21.3. The molecule has 1 aliphatic rings. The fourth-order valence-electron chi connectivity index (χ4n) is 3.42. The van der Waals surface area contributed by atoms with Gasteiger partial charge in [-0.15, -0.1) is 0 Å². The highest BCUT2D eigenvalue weighted by Crippen LogP contribution is 2.31. The Kier molecular flexibility index (Phi) is 8.34. The van der Waals surface area contributed by atoms with Crippen LogP contribution in [0, 0.1) is 5.41 Å². The van der Waals surface area contributed by atoms with Crippen LogP contribution in [0.4, 0.5) is 0 Å². The van der Waals surface area contributed by atoms with Gasteiger partial charge in [0.1, 0.15) is 5.75 Å². The topological polar surface area (TPSA) is 78.4 Å². The zero-order valence-electron chi connectivity index (χ0n) is 17.0. The molecule has 3 N–H and O–H groups in total. The van der Waals surface area contributed by atoms with E-state index in [-0.39, 0.29) is 18.1 Å². The number of nitrogens with zero attached hydrogens (tertiary/aromatic N) is 2. The molecule has 1 aromatic rings. The van der Waals surface area contributed by atoms with Gasteiger partial charge in [0, 0.05) is 38.8 Å². The number of aliphatic hydroxyl groups excluding tert-OH is 1. The van der Waals surface area contributed by atoms with Gasteiger partial charge in [-0.05, 0) is 44.6 Å². The Bertz CT molecular complexity index is 583. The Balaban J connectivity index is 1.93. The number of benzene rings is 1. The Labute approximate surface area is 162 Å². The molecule has 1 aromatic carbocycles. The van der Waals surface area contributed by atoms with Gasteiger partial charge in [0.05, 0.1) is 19.8 Å². The first-order chi connectivity index (χ1) is 13.0. The molecule has 27 heavy (non-hydrogen) atoms. The van der Waals surface area contributed by atoms with Gasteiger partial charge in [0.15, 0.2) is 5.96 Å². The van der Waals surface area contributed by atoms with Crippen molar-refractivity contribution >= 4 is 5.96 Å². The van der Waals surface area contributed by atoms with Gasteiger partial charge < -0.3 is 30.1 Å². The standard InChI is InChI=1S/C20H34N4O3/c1-21-19(23-14-20(9-11-25)10-12-27-15-20)22-13-18(24(2)3)16-5-7-17(26-4)8-6-16/h5-8,18,25H,9-15H2,1-4H3,(H2,21,22,23). The van der Waals surface area contributed by atoms with E-state index in [4.69, 9.17) is 9.47 Å². The molecule has 7 heteroatoms. The average molecular weight is 379 g/mol. The molecule has 2 rings (SSSR count). The molecule has 0 saturated carbocycles. The predicted octanol–water partition coefficient (Wildman–Crippen LogP) is 1.25. The van der Waals surface area contributed by atoms with Crippen molar-refractivity contribution in [2.24, 2.45) is 10.4 Å². The molecule has 2 atom stereocenters. The molecule has 0 bridgehead atoms. The molecule has 0 spiro atoms. The highest BCUT2D eigenvalue weighted by Gasteiger charge is 2.34. The molecule has 1 saturated heterocycles. The molecule has 2 unspecified atom stereocenters. The van der Waals surface area contributed by atoms with Crippen molar-refractivity contribution in [3.05, 3.63) is 29.8 Å². The van der Waals surface area contributed by atoms with Gasteiger partial charge in [-0.25, -0.2) is 0 Å². The molecule has 1 fully saturated rings. The van der Waals surface area contributed by atoms with Crippen LogP contribution in [0.1, 0.15) is 24.4 Å². The zero-order valence-corrected chi connectivity index (χ0v) is 17.0. The number of guanidine groups is 1. The second kappa shape index (κ2) is 10.5. The van der Waals surface area contributed by atoms with Crippen molar-refractivity contribution in [1.29, 1.82) is 0 Å². The third-order valence-corrected chi connectivity index (χ3v) is 5.27. The van der Waals surface area contributed by atoms with E-state index in [1.165, 1.54) is 5.56 Å². The van der Waals surface area contributed by atoms with E-state index in [1.54, 1.807) is 14.2 Å². The van der Waals surface area contributed by atoms with Crippen LogP contribution < -0.4 is 15.4 Å². The summed E-state index contributed by atoms with van der Waals surface area (Å²) in [5.74, 6) is 1.62. The Morgan fingerprint density at radius 3 is 2.59 bits per heavy atom. The molecular formula is C20H34N4O3. The Hall–Kier alpha value is -1.83. The maximum absolute atomic E-state index is 9.37.